The minimum absolute atomic E-state index is 0. The first kappa shape index (κ1) is 26.5. The van der Waals surface area contributed by atoms with E-state index in [1.807, 2.05) is 31.7 Å². The van der Waals surface area contributed by atoms with Crippen LogP contribution in [-0.2, 0) is 15.9 Å². The molecule has 1 aromatic carbocycles. The summed E-state index contributed by atoms with van der Waals surface area (Å²) in [6.07, 6.45) is 2.60. The molecule has 1 aliphatic heterocycles. The Morgan fingerprint density at radius 1 is 1.03 bits per heavy atom. The zero-order valence-electron chi connectivity index (χ0n) is 18.5. The summed E-state index contributed by atoms with van der Waals surface area (Å²) in [5.41, 5.74) is 6.94. The number of nitrogens with two attached hydrogens (primary N) is 1. The fourth-order valence-electron chi connectivity index (χ4n) is 2.99. The van der Waals surface area contributed by atoms with Crippen molar-refractivity contribution in [3.05, 3.63) is 35.9 Å². The summed E-state index contributed by atoms with van der Waals surface area (Å²) in [6.45, 7) is 10.4. The average Bonchev–Trinajstić information content (AvgIpc) is 2.69. The Labute approximate surface area is 198 Å². The molecule has 0 unspecified atom stereocenters. The molecule has 1 aromatic rings. The van der Waals surface area contributed by atoms with Crippen molar-refractivity contribution >= 4 is 36.0 Å². The van der Waals surface area contributed by atoms with Crippen LogP contribution >= 0.6 is 24.0 Å². The number of nitrogens with zero attached hydrogens (tertiary/aromatic N) is 3. The number of unbranched alkanes of at least 4 members (excludes halogenated alkanes) is 1. The Kier molecular flexibility index (Phi) is 12.1. The minimum Gasteiger partial charge on any atom is -0.444 e. The van der Waals surface area contributed by atoms with Gasteiger partial charge < -0.3 is 25.0 Å². The minimum atomic E-state index is -0.472. The van der Waals surface area contributed by atoms with Crippen molar-refractivity contribution in [2.45, 2.75) is 45.6 Å². The van der Waals surface area contributed by atoms with Gasteiger partial charge in [-0.2, -0.15) is 0 Å². The molecule has 30 heavy (non-hydrogen) atoms. The molecular formula is C22H37IN4O3. The number of hydrogen-bond donors (Lipinski definition) is 1. The lowest BCUT2D eigenvalue weighted by Crippen LogP contribution is -2.53. The van der Waals surface area contributed by atoms with Crippen molar-refractivity contribution in [2.24, 2.45) is 10.7 Å². The van der Waals surface area contributed by atoms with Gasteiger partial charge in [0, 0.05) is 39.3 Å². The van der Waals surface area contributed by atoms with E-state index < -0.39 is 5.60 Å². The molecule has 1 amide bonds. The van der Waals surface area contributed by atoms with E-state index in [9.17, 15) is 4.79 Å². The smallest absolute Gasteiger partial charge is 0.410 e. The van der Waals surface area contributed by atoms with Crippen LogP contribution in [-0.4, -0.2) is 73.4 Å². The number of guanidine groups is 1. The molecule has 0 aromatic heterocycles. The number of aliphatic imine (C=N–C) groups is 1. The molecule has 1 saturated heterocycles. The molecule has 7 nitrogen and oxygen atoms in total. The molecule has 1 aliphatic rings. The van der Waals surface area contributed by atoms with E-state index in [4.69, 9.17) is 15.2 Å². The van der Waals surface area contributed by atoms with Gasteiger partial charge in [-0.25, -0.2) is 4.79 Å². The second-order valence-corrected chi connectivity index (χ2v) is 8.25. The lowest BCUT2D eigenvalue weighted by Gasteiger charge is -2.36. The van der Waals surface area contributed by atoms with Gasteiger partial charge in [0.1, 0.15) is 5.60 Å². The van der Waals surface area contributed by atoms with Crippen LogP contribution in [0.3, 0.4) is 0 Å². The molecule has 2 rings (SSSR count). The lowest BCUT2D eigenvalue weighted by molar-refractivity contribution is 0.0186. The highest BCUT2D eigenvalue weighted by Gasteiger charge is 2.26. The van der Waals surface area contributed by atoms with E-state index in [1.54, 1.807) is 4.90 Å². The molecule has 8 heteroatoms. The third-order valence-electron chi connectivity index (χ3n) is 4.60. The Hall–Kier alpha value is -1.55. The van der Waals surface area contributed by atoms with Gasteiger partial charge in [0.05, 0.1) is 6.61 Å². The van der Waals surface area contributed by atoms with Crippen LogP contribution in [0.25, 0.3) is 0 Å². The number of hydrogen-bond acceptors (Lipinski definition) is 4. The first-order valence-electron chi connectivity index (χ1n) is 10.5. The van der Waals surface area contributed by atoms with Crippen molar-refractivity contribution in [3.8, 4) is 0 Å². The summed E-state index contributed by atoms with van der Waals surface area (Å²) in [5, 5.41) is 0. The standard InChI is InChI=1S/C22H36N4O3.HI/c1-22(2,3)29-21(27)26-15-13-25(14-16-26)20(23)24-12-7-8-17-28-18-11-19-9-5-4-6-10-19;/h4-6,9-10H,7-8,11-18H2,1-3H3,(H2,23,24);1H. The maximum Gasteiger partial charge on any atom is 0.410 e. The summed E-state index contributed by atoms with van der Waals surface area (Å²) in [6, 6.07) is 10.4. The van der Waals surface area contributed by atoms with Crippen LogP contribution in [0.15, 0.2) is 35.3 Å². The number of carbonyl (C=O) groups excluding carboxylic acids is 1. The molecule has 0 atom stereocenters. The Morgan fingerprint density at radius 2 is 1.67 bits per heavy atom. The van der Waals surface area contributed by atoms with Crippen molar-refractivity contribution in [3.63, 3.8) is 0 Å². The van der Waals surface area contributed by atoms with E-state index >= 15 is 0 Å². The van der Waals surface area contributed by atoms with Gasteiger partial charge in [-0.1, -0.05) is 30.3 Å². The number of halogens is 1. The average molecular weight is 532 g/mol. The van der Waals surface area contributed by atoms with Crippen molar-refractivity contribution in [2.75, 3.05) is 45.9 Å². The number of benzene rings is 1. The lowest BCUT2D eigenvalue weighted by atomic mass is 10.2. The molecule has 0 radical (unpaired) electrons. The van der Waals surface area contributed by atoms with Gasteiger partial charge in [-0.15, -0.1) is 24.0 Å². The predicted molar refractivity (Wildman–Crippen MR) is 131 cm³/mol. The maximum absolute atomic E-state index is 12.1. The van der Waals surface area contributed by atoms with Gasteiger partial charge in [-0.05, 0) is 45.6 Å². The zero-order chi connectivity index (χ0) is 21.1. The van der Waals surface area contributed by atoms with Gasteiger partial charge in [0.25, 0.3) is 0 Å². The molecule has 0 bridgehead atoms. The molecule has 2 N–H and O–H groups in total. The first-order valence-corrected chi connectivity index (χ1v) is 10.5. The Morgan fingerprint density at radius 3 is 2.30 bits per heavy atom. The fourth-order valence-corrected chi connectivity index (χ4v) is 2.99. The number of amides is 1. The number of carbonyl (C=O) groups is 1. The maximum atomic E-state index is 12.1. The van der Waals surface area contributed by atoms with E-state index in [1.165, 1.54) is 5.56 Å². The third-order valence-corrected chi connectivity index (χ3v) is 4.60. The fraction of sp³-hybridized carbons (Fsp3) is 0.636. The van der Waals surface area contributed by atoms with Gasteiger partial charge >= 0.3 is 6.09 Å². The van der Waals surface area contributed by atoms with Crippen LogP contribution in [0.1, 0.15) is 39.2 Å². The van der Waals surface area contributed by atoms with Crippen LogP contribution in [0, 0.1) is 0 Å². The van der Waals surface area contributed by atoms with Crippen LogP contribution < -0.4 is 5.73 Å². The summed E-state index contributed by atoms with van der Waals surface area (Å²) in [7, 11) is 0. The number of piperazine rings is 1. The third kappa shape index (κ3) is 10.5. The SMILES string of the molecule is CC(C)(C)OC(=O)N1CCN(C(N)=NCCCCOCCc2ccccc2)CC1.I. The second-order valence-electron chi connectivity index (χ2n) is 8.25. The Balaban J connectivity index is 0.00000450. The summed E-state index contributed by atoms with van der Waals surface area (Å²) in [4.78, 5) is 20.3. The first-order chi connectivity index (χ1) is 13.8. The van der Waals surface area contributed by atoms with Gasteiger partial charge in [0.2, 0.25) is 0 Å². The van der Waals surface area contributed by atoms with E-state index in [0.29, 0.717) is 38.7 Å². The normalized spacial score (nSPS) is 15.0. The van der Waals surface area contributed by atoms with Gasteiger partial charge in [0.15, 0.2) is 5.96 Å². The van der Waals surface area contributed by atoms with Crippen LogP contribution in [0.4, 0.5) is 4.79 Å². The quantitative estimate of drug-likeness (QED) is 0.240. The van der Waals surface area contributed by atoms with E-state index in [-0.39, 0.29) is 30.1 Å². The summed E-state index contributed by atoms with van der Waals surface area (Å²) >= 11 is 0. The predicted octanol–water partition coefficient (Wildman–Crippen LogP) is 3.51. The summed E-state index contributed by atoms with van der Waals surface area (Å²) in [5.74, 6) is 0.554. The van der Waals surface area contributed by atoms with Crippen LogP contribution in [0.2, 0.25) is 0 Å². The topological polar surface area (TPSA) is 80.4 Å². The molecule has 1 heterocycles. The van der Waals surface area contributed by atoms with Crippen molar-refractivity contribution < 1.29 is 14.3 Å². The summed E-state index contributed by atoms with van der Waals surface area (Å²) < 4.78 is 11.1. The molecule has 0 aliphatic carbocycles. The molecule has 1 fully saturated rings. The largest absolute Gasteiger partial charge is 0.444 e. The zero-order valence-corrected chi connectivity index (χ0v) is 20.8. The molecule has 170 valence electrons. The second kappa shape index (κ2) is 13.7. The highest BCUT2D eigenvalue weighted by molar-refractivity contribution is 14.0. The monoisotopic (exact) mass is 532 g/mol. The Bertz CT molecular complexity index is 642. The molecule has 0 saturated carbocycles. The highest BCUT2D eigenvalue weighted by Crippen LogP contribution is 2.11. The van der Waals surface area contributed by atoms with E-state index in [2.05, 4.69) is 29.3 Å². The van der Waals surface area contributed by atoms with Crippen molar-refractivity contribution in [1.29, 1.82) is 0 Å². The molecule has 0 spiro atoms. The number of rotatable bonds is 8. The van der Waals surface area contributed by atoms with E-state index in [0.717, 1.165) is 32.5 Å². The molecular weight excluding hydrogens is 495 g/mol. The van der Waals surface area contributed by atoms with Gasteiger partial charge in [-0.3, -0.25) is 4.99 Å². The number of ether oxygens (including phenoxy) is 2. The van der Waals surface area contributed by atoms with Crippen molar-refractivity contribution in [1.82, 2.24) is 9.80 Å². The van der Waals surface area contributed by atoms with Crippen LogP contribution in [0.5, 0.6) is 0 Å². The highest BCUT2D eigenvalue weighted by atomic mass is 127.